The van der Waals surface area contributed by atoms with E-state index in [9.17, 15) is 19.3 Å². The van der Waals surface area contributed by atoms with Gasteiger partial charge in [-0.1, -0.05) is 6.58 Å². The van der Waals surface area contributed by atoms with Crippen molar-refractivity contribution in [2.45, 2.75) is 25.8 Å². The fraction of sp³-hybridized carbons (Fsp3) is 0.471. The van der Waals surface area contributed by atoms with E-state index in [1.807, 2.05) is 0 Å². The van der Waals surface area contributed by atoms with Crippen molar-refractivity contribution < 1.29 is 18.8 Å². The number of hydrogen-bond donors (Lipinski definition) is 1. The van der Waals surface area contributed by atoms with E-state index < -0.39 is 16.7 Å². The van der Waals surface area contributed by atoms with E-state index in [0.717, 1.165) is 37.6 Å². The van der Waals surface area contributed by atoms with Gasteiger partial charge in [-0.2, -0.15) is 0 Å². The first-order valence-corrected chi connectivity index (χ1v) is 8.12. The summed E-state index contributed by atoms with van der Waals surface area (Å²) in [7, 11) is 0. The van der Waals surface area contributed by atoms with Crippen LogP contribution in [0, 0.1) is 15.9 Å². The number of carbonyl (C=O) groups excluding carboxylic acids is 1. The predicted octanol–water partition coefficient (Wildman–Crippen LogP) is 2.73. The van der Waals surface area contributed by atoms with Crippen molar-refractivity contribution in [3.05, 3.63) is 46.3 Å². The van der Waals surface area contributed by atoms with E-state index in [1.165, 1.54) is 0 Å². The quantitative estimate of drug-likeness (QED) is 0.352. The number of nitro groups is 1. The number of nitrogens with zero attached hydrogens (tertiary/aromatic N) is 2. The SMILES string of the molecule is C=C(C)C(=O)OCCN1CCC[C@H](Nc2cc(F)ccc2[N+](=O)[O-])C1. The topological polar surface area (TPSA) is 84.7 Å². The summed E-state index contributed by atoms with van der Waals surface area (Å²) in [6.07, 6.45) is 1.73. The zero-order valence-electron chi connectivity index (χ0n) is 14.2. The standard InChI is InChI=1S/C17H22FN3O4/c1-12(2)17(22)25-9-8-20-7-3-4-14(11-20)19-15-10-13(18)5-6-16(15)21(23)24/h5-6,10,14,19H,1,3-4,7-9,11H2,2H3/t14-/m0/s1. The highest BCUT2D eigenvalue weighted by molar-refractivity contribution is 5.86. The van der Waals surface area contributed by atoms with Gasteiger partial charge in [0.25, 0.3) is 5.69 Å². The van der Waals surface area contributed by atoms with Gasteiger partial charge < -0.3 is 10.1 Å². The molecule has 136 valence electrons. The molecule has 1 aliphatic heterocycles. The number of rotatable bonds is 7. The van der Waals surface area contributed by atoms with Gasteiger partial charge in [0.1, 0.15) is 18.1 Å². The van der Waals surface area contributed by atoms with Crippen molar-refractivity contribution in [2.75, 3.05) is 31.6 Å². The van der Waals surface area contributed by atoms with E-state index in [4.69, 9.17) is 4.74 Å². The molecule has 1 atom stereocenters. The Morgan fingerprint density at radius 3 is 3.00 bits per heavy atom. The molecule has 1 aliphatic rings. The average molecular weight is 351 g/mol. The lowest BCUT2D eigenvalue weighted by atomic mass is 10.1. The minimum atomic E-state index is -0.528. The molecular formula is C17H22FN3O4. The van der Waals surface area contributed by atoms with Crippen LogP contribution in [0.25, 0.3) is 0 Å². The number of carbonyl (C=O) groups is 1. The zero-order valence-corrected chi connectivity index (χ0v) is 14.2. The highest BCUT2D eigenvalue weighted by Gasteiger charge is 2.23. The summed E-state index contributed by atoms with van der Waals surface area (Å²) >= 11 is 0. The molecule has 2 rings (SSSR count). The second kappa shape index (κ2) is 8.57. The van der Waals surface area contributed by atoms with Crippen LogP contribution in [0.4, 0.5) is 15.8 Å². The minimum Gasteiger partial charge on any atom is -0.461 e. The monoisotopic (exact) mass is 351 g/mol. The lowest BCUT2D eigenvalue weighted by Crippen LogP contribution is -2.43. The van der Waals surface area contributed by atoms with Crippen LogP contribution >= 0.6 is 0 Å². The van der Waals surface area contributed by atoms with Gasteiger partial charge in [0, 0.05) is 36.8 Å². The second-order valence-electron chi connectivity index (χ2n) is 6.12. The van der Waals surface area contributed by atoms with Crippen molar-refractivity contribution >= 4 is 17.3 Å². The Morgan fingerprint density at radius 2 is 2.32 bits per heavy atom. The maximum atomic E-state index is 13.4. The number of hydrogen-bond acceptors (Lipinski definition) is 6. The minimum absolute atomic E-state index is 0.0360. The van der Waals surface area contributed by atoms with Crippen LogP contribution in [-0.4, -0.2) is 48.1 Å². The Hall–Kier alpha value is -2.48. The molecule has 1 aromatic rings. The van der Waals surface area contributed by atoms with Gasteiger partial charge >= 0.3 is 5.97 Å². The van der Waals surface area contributed by atoms with Crippen LogP contribution in [0.1, 0.15) is 19.8 Å². The summed E-state index contributed by atoms with van der Waals surface area (Å²) in [4.78, 5) is 24.0. The largest absolute Gasteiger partial charge is 0.461 e. The molecule has 7 nitrogen and oxygen atoms in total. The first-order chi connectivity index (χ1) is 11.9. The van der Waals surface area contributed by atoms with Gasteiger partial charge in [-0.3, -0.25) is 15.0 Å². The molecule has 0 aromatic heterocycles. The van der Waals surface area contributed by atoms with Crippen LogP contribution in [0.15, 0.2) is 30.4 Å². The normalized spacial score (nSPS) is 17.8. The third-order valence-electron chi connectivity index (χ3n) is 4.01. The van der Waals surface area contributed by atoms with Crippen molar-refractivity contribution in [3.63, 3.8) is 0 Å². The van der Waals surface area contributed by atoms with E-state index >= 15 is 0 Å². The smallest absolute Gasteiger partial charge is 0.333 e. The van der Waals surface area contributed by atoms with E-state index in [-0.39, 0.29) is 24.0 Å². The van der Waals surface area contributed by atoms with Crippen LogP contribution in [0.3, 0.4) is 0 Å². The Kier molecular flexibility index (Phi) is 6.46. The molecule has 1 fully saturated rings. The molecule has 0 amide bonds. The predicted molar refractivity (Wildman–Crippen MR) is 91.9 cm³/mol. The molecule has 0 spiro atoms. The molecule has 25 heavy (non-hydrogen) atoms. The number of piperidine rings is 1. The molecule has 8 heteroatoms. The lowest BCUT2D eigenvalue weighted by molar-refractivity contribution is -0.384. The molecule has 0 saturated carbocycles. The number of nitrogens with one attached hydrogen (secondary N) is 1. The average Bonchev–Trinajstić information content (AvgIpc) is 2.54. The summed E-state index contributed by atoms with van der Waals surface area (Å²) in [5, 5.41) is 14.2. The summed E-state index contributed by atoms with van der Waals surface area (Å²) in [6.45, 7) is 7.44. The fourth-order valence-corrected chi connectivity index (χ4v) is 2.77. The molecule has 0 radical (unpaired) electrons. The number of nitro benzene ring substituents is 1. The van der Waals surface area contributed by atoms with Gasteiger partial charge in [-0.25, -0.2) is 9.18 Å². The summed E-state index contributed by atoms with van der Waals surface area (Å²) < 4.78 is 18.5. The number of anilines is 1. The van der Waals surface area contributed by atoms with Gasteiger partial charge in [0.2, 0.25) is 0 Å². The summed E-state index contributed by atoms with van der Waals surface area (Å²) in [5.74, 6) is -0.936. The molecule has 0 aliphatic carbocycles. The maximum Gasteiger partial charge on any atom is 0.333 e. The number of likely N-dealkylation sites (tertiary alicyclic amines) is 1. The molecule has 1 N–H and O–H groups in total. The van der Waals surface area contributed by atoms with Crippen LogP contribution in [0.5, 0.6) is 0 Å². The number of esters is 1. The molecular weight excluding hydrogens is 329 g/mol. The molecule has 0 bridgehead atoms. The zero-order chi connectivity index (χ0) is 18.4. The first-order valence-electron chi connectivity index (χ1n) is 8.12. The number of ether oxygens (including phenoxy) is 1. The van der Waals surface area contributed by atoms with Crippen LogP contribution in [-0.2, 0) is 9.53 Å². The second-order valence-corrected chi connectivity index (χ2v) is 6.12. The van der Waals surface area contributed by atoms with E-state index in [0.29, 0.717) is 18.7 Å². The Bertz CT molecular complexity index is 665. The molecule has 0 unspecified atom stereocenters. The highest BCUT2D eigenvalue weighted by Crippen LogP contribution is 2.27. The molecule has 1 heterocycles. The summed E-state index contributed by atoms with van der Waals surface area (Å²) in [5.41, 5.74) is 0.399. The van der Waals surface area contributed by atoms with Crippen molar-refractivity contribution in [1.29, 1.82) is 0 Å². The first kappa shape index (κ1) is 18.9. The fourth-order valence-electron chi connectivity index (χ4n) is 2.77. The van der Waals surface area contributed by atoms with Crippen molar-refractivity contribution in [1.82, 2.24) is 4.90 Å². The van der Waals surface area contributed by atoms with Gasteiger partial charge in [0.05, 0.1) is 4.92 Å². The van der Waals surface area contributed by atoms with Crippen LogP contribution < -0.4 is 5.32 Å². The highest BCUT2D eigenvalue weighted by atomic mass is 19.1. The Labute approximate surface area is 145 Å². The number of benzene rings is 1. The lowest BCUT2D eigenvalue weighted by Gasteiger charge is -2.33. The molecule has 1 saturated heterocycles. The van der Waals surface area contributed by atoms with Gasteiger partial charge in [-0.15, -0.1) is 0 Å². The van der Waals surface area contributed by atoms with Crippen molar-refractivity contribution in [3.8, 4) is 0 Å². The van der Waals surface area contributed by atoms with Gasteiger partial charge in [-0.05, 0) is 32.4 Å². The number of halogens is 1. The Balaban J connectivity index is 1.91. The van der Waals surface area contributed by atoms with E-state index in [1.54, 1.807) is 6.92 Å². The van der Waals surface area contributed by atoms with Gasteiger partial charge in [0.15, 0.2) is 0 Å². The molecule has 1 aromatic carbocycles. The third kappa shape index (κ3) is 5.53. The van der Waals surface area contributed by atoms with Crippen LogP contribution in [0.2, 0.25) is 0 Å². The summed E-state index contributed by atoms with van der Waals surface area (Å²) in [6, 6.07) is 3.35. The third-order valence-corrected chi connectivity index (χ3v) is 4.01. The van der Waals surface area contributed by atoms with Crippen molar-refractivity contribution in [2.24, 2.45) is 0 Å². The maximum absolute atomic E-state index is 13.4. The Morgan fingerprint density at radius 1 is 1.56 bits per heavy atom. The van der Waals surface area contributed by atoms with E-state index in [2.05, 4.69) is 16.8 Å².